The maximum Gasteiger partial charge on any atom is 0.338 e. The van der Waals surface area contributed by atoms with Gasteiger partial charge in [-0.25, -0.2) is 9.59 Å². The van der Waals surface area contributed by atoms with E-state index in [9.17, 15) is 24.9 Å². The molecular formula is C21H28O9. The fraction of sp³-hybridized carbons (Fsp3) is 0.524. The smallest absolute Gasteiger partial charge is 0.338 e. The molecule has 0 unspecified atom stereocenters. The Morgan fingerprint density at radius 1 is 1.13 bits per heavy atom. The van der Waals surface area contributed by atoms with Crippen LogP contribution in [0.2, 0.25) is 0 Å². The number of hydrogen-bond donors (Lipinski definition) is 3. The van der Waals surface area contributed by atoms with Crippen molar-refractivity contribution in [2.24, 2.45) is 0 Å². The summed E-state index contributed by atoms with van der Waals surface area (Å²) in [4.78, 5) is 24.0. The summed E-state index contributed by atoms with van der Waals surface area (Å²) >= 11 is 0. The number of ether oxygens (including phenoxy) is 4. The van der Waals surface area contributed by atoms with Crippen molar-refractivity contribution in [2.75, 3.05) is 20.3 Å². The lowest BCUT2D eigenvalue weighted by Crippen LogP contribution is -2.57. The topological polar surface area (TPSA) is 132 Å². The number of hydrogen-bond acceptors (Lipinski definition) is 9. The molecule has 1 aliphatic carbocycles. The van der Waals surface area contributed by atoms with Crippen molar-refractivity contribution in [3.05, 3.63) is 29.8 Å². The minimum absolute atomic E-state index is 0.394. The molecule has 3 N–H and O–H groups in total. The summed E-state index contributed by atoms with van der Waals surface area (Å²) in [5.74, 6) is -0.667. The van der Waals surface area contributed by atoms with Crippen molar-refractivity contribution in [2.45, 2.75) is 50.6 Å². The van der Waals surface area contributed by atoms with Crippen LogP contribution in [-0.2, 0) is 19.1 Å². The predicted octanol–water partition coefficient (Wildman–Crippen LogP) is 0.829. The van der Waals surface area contributed by atoms with Gasteiger partial charge in [0.2, 0.25) is 0 Å². The second-order valence-electron chi connectivity index (χ2n) is 6.87. The molecule has 0 bridgehead atoms. The van der Waals surface area contributed by atoms with E-state index in [1.165, 1.54) is 6.08 Å². The molecule has 0 heterocycles. The fourth-order valence-corrected chi connectivity index (χ4v) is 3.24. The fourth-order valence-electron chi connectivity index (χ4n) is 3.24. The van der Waals surface area contributed by atoms with Gasteiger partial charge in [0, 0.05) is 18.9 Å². The van der Waals surface area contributed by atoms with Crippen LogP contribution in [0.1, 0.15) is 32.3 Å². The molecule has 0 spiro atoms. The highest BCUT2D eigenvalue weighted by Crippen LogP contribution is 2.32. The molecule has 1 aromatic rings. The molecule has 0 amide bonds. The summed E-state index contributed by atoms with van der Waals surface area (Å²) < 4.78 is 20.7. The largest absolute Gasteiger partial charge is 0.490 e. The third-order valence-corrected chi connectivity index (χ3v) is 4.67. The van der Waals surface area contributed by atoms with Crippen LogP contribution in [0.3, 0.4) is 0 Å². The van der Waals surface area contributed by atoms with Crippen molar-refractivity contribution in [1.82, 2.24) is 0 Å². The molecule has 30 heavy (non-hydrogen) atoms. The molecule has 0 radical (unpaired) electrons. The second kappa shape index (κ2) is 10.4. The Kier molecular flexibility index (Phi) is 8.22. The van der Waals surface area contributed by atoms with E-state index in [0.29, 0.717) is 30.3 Å². The molecule has 1 fully saturated rings. The van der Waals surface area contributed by atoms with Gasteiger partial charge in [-0.15, -0.1) is 0 Å². The highest BCUT2D eigenvalue weighted by molar-refractivity contribution is 5.87. The normalized spacial score (nSPS) is 26.3. The molecule has 0 saturated heterocycles. The number of methoxy groups -OCH3 is 1. The molecule has 9 heteroatoms. The zero-order chi connectivity index (χ0) is 22.3. The van der Waals surface area contributed by atoms with E-state index in [-0.39, 0.29) is 0 Å². The summed E-state index contributed by atoms with van der Waals surface area (Å²) in [6.07, 6.45) is -2.37. The van der Waals surface area contributed by atoms with Crippen molar-refractivity contribution in [3.63, 3.8) is 0 Å². The first-order valence-electron chi connectivity index (χ1n) is 9.69. The Morgan fingerprint density at radius 2 is 1.80 bits per heavy atom. The van der Waals surface area contributed by atoms with Crippen LogP contribution in [-0.4, -0.2) is 71.5 Å². The monoisotopic (exact) mass is 424 g/mol. The van der Waals surface area contributed by atoms with E-state index in [0.717, 1.165) is 13.2 Å². The van der Waals surface area contributed by atoms with Gasteiger partial charge in [0.1, 0.15) is 12.2 Å². The highest BCUT2D eigenvalue weighted by atomic mass is 16.6. The summed E-state index contributed by atoms with van der Waals surface area (Å²) in [6.45, 7) is 4.63. The van der Waals surface area contributed by atoms with E-state index in [4.69, 9.17) is 14.2 Å². The molecule has 4 atom stereocenters. The molecule has 9 nitrogen and oxygen atoms in total. The summed E-state index contributed by atoms with van der Waals surface area (Å²) in [5.41, 5.74) is -1.40. The first-order chi connectivity index (χ1) is 14.2. The maximum atomic E-state index is 12.2. The SMILES string of the molecule is CCOc1ccc(/C=C/C(=O)O[C@@H]2C[C@](O)(C(=O)OC)C[C@@H](O)[C@H]2O)cc1OCC. The van der Waals surface area contributed by atoms with Gasteiger partial charge >= 0.3 is 11.9 Å². The quantitative estimate of drug-likeness (QED) is 0.410. The molecule has 0 aromatic heterocycles. The second-order valence-corrected chi connectivity index (χ2v) is 6.87. The molecule has 0 aliphatic heterocycles. The summed E-state index contributed by atoms with van der Waals surface area (Å²) in [6, 6.07) is 5.15. The van der Waals surface area contributed by atoms with Gasteiger partial charge in [0.25, 0.3) is 0 Å². The van der Waals surface area contributed by atoms with Crippen LogP contribution in [0.15, 0.2) is 24.3 Å². The number of rotatable bonds is 8. The van der Waals surface area contributed by atoms with E-state index in [1.54, 1.807) is 18.2 Å². The van der Waals surface area contributed by atoms with Crippen LogP contribution in [0.5, 0.6) is 11.5 Å². The zero-order valence-electron chi connectivity index (χ0n) is 17.2. The standard InChI is InChI=1S/C21H28O9/c1-4-28-15-8-6-13(10-16(15)29-5-2)7-9-18(23)30-17-12-21(26,20(25)27-3)11-14(22)19(17)24/h6-10,14,17,19,22,24,26H,4-5,11-12H2,1-3H3/b9-7+/t14-,17-,19-,21+/m1/s1. The van der Waals surface area contributed by atoms with Crippen molar-refractivity contribution in [1.29, 1.82) is 0 Å². The van der Waals surface area contributed by atoms with Crippen molar-refractivity contribution >= 4 is 18.0 Å². The molecule has 1 aliphatic rings. The van der Waals surface area contributed by atoms with Crippen LogP contribution >= 0.6 is 0 Å². The number of aliphatic hydroxyl groups is 3. The van der Waals surface area contributed by atoms with E-state index in [2.05, 4.69) is 4.74 Å². The van der Waals surface area contributed by atoms with E-state index >= 15 is 0 Å². The van der Waals surface area contributed by atoms with Crippen LogP contribution in [0.4, 0.5) is 0 Å². The molecule has 2 rings (SSSR count). The van der Waals surface area contributed by atoms with Gasteiger partial charge in [-0.1, -0.05) is 6.07 Å². The lowest BCUT2D eigenvalue weighted by atomic mass is 9.79. The average Bonchev–Trinajstić information content (AvgIpc) is 2.71. The minimum atomic E-state index is -2.05. The zero-order valence-corrected chi connectivity index (χ0v) is 17.2. The number of benzene rings is 1. The van der Waals surface area contributed by atoms with Crippen LogP contribution < -0.4 is 9.47 Å². The van der Waals surface area contributed by atoms with Gasteiger partial charge in [-0.2, -0.15) is 0 Å². The van der Waals surface area contributed by atoms with E-state index < -0.39 is 48.7 Å². The third kappa shape index (κ3) is 5.71. The Morgan fingerprint density at radius 3 is 2.43 bits per heavy atom. The summed E-state index contributed by atoms with van der Waals surface area (Å²) in [7, 11) is 1.09. The third-order valence-electron chi connectivity index (χ3n) is 4.67. The van der Waals surface area contributed by atoms with E-state index in [1.807, 2.05) is 13.8 Å². The first kappa shape index (κ1) is 23.7. The lowest BCUT2D eigenvalue weighted by Gasteiger charge is -2.39. The Labute approximate surface area is 174 Å². The van der Waals surface area contributed by atoms with Crippen molar-refractivity contribution < 1.29 is 43.9 Å². The average molecular weight is 424 g/mol. The number of carbonyl (C=O) groups is 2. The number of aliphatic hydroxyl groups excluding tert-OH is 2. The van der Waals surface area contributed by atoms with Gasteiger partial charge in [-0.05, 0) is 37.6 Å². The van der Waals surface area contributed by atoms with Gasteiger partial charge in [0.15, 0.2) is 17.1 Å². The molecule has 166 valence electrons. The Hall–Kier alpha value is -2.62. The van der Waals surface area contributed by atoms with Gasteiger partial charge in [-0.3, -0.25) is 0 Å². The van der Waals surface area contributed by atoms with Gasteiger partial charge in [0.05, 0.1) is 26.4 Å². The maximum absolute atomic E-state index is 12.2. The molecule has 1 saturated carbocycles. The molecular weight excluding hydrogens is 396 g/mol. The van der Waals surface area contributed by atoms with Crippen molar-refractivity contribution in [3.8, 4) is 11.5 Å². The Bertz CT molecular complexity index is 776. The minimum Gasteiger partial charge on any atom is -0.490 e. The van der Waals surface area contributed by atoms with Crippen LogP contribution in [0.25, 0.3) is 6.08 Å². The lowest BCUT2D eigenvalue weighted by molar-refractivity contribution is -0.198. The highest BCUT2D eigenvalue weighted by Gasteiger charge is 2.50. The first-order valence-corrected chi connectivity index (χ1v) is 9.69. The predicted molar refractivity (Wildman–Crippen MR) is 106 cm³/mol. The molecule has 1 aromatic carbocycles. The van der Waals surface area contributed by atoms with Gasteiger partial charge < -0.3 is 34.3 Å². The Balaban J connectivity index is 2.09. The van der Waals surface area contributed by atoms with Crippen LogP contribution in [0, 0.1) is 0 Å². The number of esters is 2. The summed E-state index contributed by atoms with van der Waals surface area (Å²) in [5, 5.41) is 30.4. The number of carbonyl (C=O) groups excluding carboxylic acids is 2.